The van der Waals surface area contributed by atoms with E-state index in [1.54, 1.807) is 0 Å². The van der Waals surface area contributed by atoms with Crippen molar-refractivity contribution in [2.24, 2.45) is 0 Å². The highest BCUT2D eigenvalue weighted by molar-refractivity contribution is 5.52. The summed E-state index contributed by atoms with van der Waals surface area (Å²) in [7, 11) is 0. The van der Waals surface area contributed by atoms with Gasteiger partial charge in [0.1, 0.15) is 5.69 Å². The largest absolute Gasteiger partial charge is 0.243 e. The third-order valence-corrected chi connectivity index (χ3v) is 2.39. The molecule has 0 saturated carbocycles. The van der Waals surface area contributed by atoms with Gasteiger partial charge in [0.2, 0.25) is 12.4 Å². The van der Waals surface area contributed by atoms with Gasteiger partial charge in [-0.2, -0.15) is 14.3 Å². The van der Waals surface area contributed by atoms with Crippen molar-refractivity contribution in [3.63, 3.8) is 0 Å². The Labute approximate surface area is 76.2 Å². The molecule has 3 heterocycles. The molecule has 0 radical (unpaired) electrons. The molecule has 0 saturated heterocycles. The fourth-order valence-electron chi connectivity index (χ4n) is 1.84. The van der Waals surface area contributed by atoms with Crippen LogP contribution in [0.4, 0.5) is 0 Å². The van der Waals surface area contributed by atoms with Crippen molar-refractivity contribution in [1.29, 1.82) is 0 Å². The van der Waals surface area contributed by atoms with Gasteiger partial charge in [-0.25, -0.2) is 0 Å². The molecule has 0 spiro atoms. The molecule has 2 aromatic rings. The highest BCUT2D eigenvalue weighted by Crippen LogP contribution is 2.20. The Bertz CT molecular complexity index is 471. The topological polar surface area (TPSA) is 21.7 Å². The summed E-state index contributed by atoms with van der Waals surface area (Å²) in [5.41, 5.74) is 3.56. The van der Waals surface area contributed by atoms with E-state index in [9.17, 15) is 0 Å². The second-order valence-corrected chi connectivity index (χ2v) is 3.37. The summed E-state index contributed by atoms with van der Waals surface area (Å²) in [6.07, 6.45) is 2.08. The normalized spacial score (nSPS) is 12.7. The standard InChI is InChI=1S/C10H10N3/c1-8-6-10-9-4-2-3-5-12(9)7-13(10)11-8/h2-6H,7H2,1H3/q+1. The van der Waals surface area contributed by atoms with Crippen LogP contribution >= 0.6 is 0 Å². The van der Waals surface area contributed by atoms with Gasteiger partial charge in [-0.1, -0.05) is 0 Å². The van der Waals surface area contributed by atoms with Crippen molar-refractivity contribution in [2.45, 2.75) is 13.6 Å². The molecule has 0 aliphatic carbocycles. The summed E-state index contributed by atoms with van der Waals surface area (Å²) < 4.78 is 4.23. The van der Waals surface area contributed by atoms with Gasteiger partial charge in [0.25, 0.3) is 0 Å². The molecule has 2 aromatic heterocycles. The second-order valence-electron chi connectivity index (χ2n) is 3.37. The van der Waals surface area contributed by atoms with Crippen LogP contribution in [0.1, 0.15) is 5.69 Å². The number of aromatic nitrogens is 3. The lowest BCUT2D eigenvalue weighted by molar-refractivity contribution is -0.683. The lowest BCUT2D eigenvalue weighted by atomic mass is 10.2. The minimum Gasteiger partial charge on any atom is -0.198 e. The Kier molecular flexibility index (Phi) is 1.15. The maximum atomic E-state index is 4.40. The van der Waals surface area contributed by atoms with Gasteiger partial charge in [-0.15, -0.1) is 0 Å². The smallest absolute Gasteiger partial charge is 0.198 e. The van der Waals surface area contributed by atoms with Crippen molar-refractivity contribution in [2.75, 3.05) is 0 Å². The van der Waals surface area contributed by atoms with Crippen LogP contribution in [0.5, 0.6) is 0 Å². The zero-order valence-corrected chi connectivity index (χ0v) is 7.44. The monoisotopic (exact) mass is 172 g/mol. The summed E-state index contributed by atoms with van der Waals surface area (Å²) in [6, 6.07) is 8.35. The Morgan fingerprint density at radius 1 is 1.46 bits per heavy atom. The van der Waals surface area contributed by atoms with E-state index in [1.165, 1.54) is 11.4 Å². The lowest BCUT2D eigenvalue weighted by Gasteiger charge is -1.89. The molecular weight excluding hydrogens is 162 g/mol. The average molecular weight is 172 g/mol. The zero-order valence-electron chi connectivity index (χ0n) is 7.44. The summed E-state index contributed by atoms with van der Waals surface area (Å²) in [6.45, 7) is 2.87. The number of hydrogen-bond donors (Lipinski definition) is 0. The first-order valence-corrected chi connectivity index (χ1v) is 4.38. The molecule has 64 valence electrons. The highest BCUT2D eigenvalue weighted by atomic mass is 15.4. The lowest BCUT2D eigenvalue weighted by Crippen LogP contribution is -2.33. The maximum Gasteiger partial charge on any atom is 0.243 e. The van der Waals surface area contributed by atoms with E-state index < -0.39 is 0 Å². The van der Waals surface area contributed by atoms with Crippen LogP contribution < -0.4 is 4.57 Å². The molecule has 3 rings (SSSR count). The molecule has 0 fully saturated rings. The molecule has 1 aliphatic rings. The molecule has 0 unspecified atom stereocenters. The number of aryl methyl sites for hydroxylation is 1. The average Bonchev–Trinajstić information content (AvgIpc) is 2.60. The van der Waals surface area contributed by atoms with Crippen LogP contribution in [0.2, 0.25) is 0 Å². The van der Waals surface area contributed by atoms with Crippen LogP contribution in [0.15, 0.2) is 30.5 Å². The van der Waals surface area contributed by atoms with E-state index in [4.69, 9.17) is 0 Å². The fraction of sp³-hybridized carbons (Fsp3) is 0.200. The zero-order chi connectivity index (χ0) is 8.84. The first kappa shape index (κ1) is 6.83. The fourth-order valence-corrected chi connectivity index (χ4v) is 1.84. The molecule has 0 bridgehead atoms. The minimum absolute atomic E-state index is 0.847. The number of fused-ring (bicyclic) bond motifs is 3. The number of nitrogens with zero attached hydrogens (tertiary/aromatic N) is 3. The van der Waals surface area contributed by atoms with E-state index >= 15 is 0 Å². The van der Waals surface area contributed by atoms with Crippen LogP contribution in [0.25, 0.3) is 11.4 Å². The Morgan fingerprint density at radius 3 is 3.31 bits per heavy atom. The van der Waals surface area contributed by atoms with E-state index in [0.29, 0.717) is 0 Å². The van der Waals surface area contributed by atoms with Gasteiger partial charge in [0, 0.05) is 12.1 Å². The third-order valence-electron chi connectivity index (χ3n) is 2.39. The van der Waals surface area contributed by atoms with Crippen molar-refractivity contribution < 1.29 is 4.57 Å². The molecule has 0 amide bonds. The predicted octanol–water partition coefficient (Wildman–Crippen LogP) is 0.965. The van der Waals surface area contributed by atoms with Crippen molar-refractivity contribution in [1.82, 2.24) is 9.78 Å². The quantitative estimate of drug-likeness (QED) is 0.463. The minimum atomic E-state index is 0.847. The van der Waals surface area contributed by atoms with Gasteiger partial charge < -0.3 is 0 Å². The number of pyridine rings is 1. The van der Waals surface area contributed by atoms with Crippen LogP contribution in [-0.4, -0.2) is 9.78 Å². The molecule has 3 heteroatoms. The molecule has 0 N–H and O–H groups in total. The van der Waals surface area contributed by atoms with Gasteiger partial charge in [-0.05, 0) is 19.1 Å². The number of rotatable bonds is 0. The van der Waals surface area contributed by atoms with E-state index in [1.807, 2.05) is 17.7 Å². The van der Waals surface area contributed by atoms with Crippen LogP contribution in [0.3, 0.4) is 0 Å². The maximum absolute atomic E-state index is 4.40. The third kappa shape index (κ3) is 0.840. The Balaban J connectivity index is 2.30. The summed E-state index contributed by atoms with van der Waals surface area (Å²) in [5, 5.41) is 4.40. The Morgan fingerprint density at radius 2 is 2.38 bits per heavy atom. The number of hydrogen-bond acceptors (Lipinski definition) is 1. The van der Waals surface area contributed by atoms with Crippen molar-refractivity contribution >= 4 is 0 Å². The Hall–Kier alpha value is -1.64. The molecule has 13 heavy (non-hydrogen) atoms. The molecule has 0 aromatic carbocycles. The predicted molar refractivity (Wildman–Crippen MR) is 48.0 cm³/mol. The van der Waals surface area contributed by atoms with Gasteiger partial charge in [0.05, 0.1) is 5.69 Å². The van der Waals surface area contributed by atoms with Crippen LogP contribution in [0, 0.1) is 6.92 Å². The second kappa shape index (κ2) is 2.19. The first-order valence-electron chi connectivity index (χ1n) is 4.38. The molecule has 3 nitrogen and oxygen atoms in total. The van der Waals surface area contributed by atoms with E-state index in [2.05, 4.69) is 34.1 Å². The van der Waals surface area contributed by atoms with Crippen molar-refractivity contribution in [3.05, 3.63) is 36.2 Å². The van der Waals surface area contributed by atoms with Crippen LogP contribution in [-0.2, 0) is 6.67 Å². The van der Waals surface area contributed by atoms with Crippen molar-refractivity contribution in [3.8, 4) is 11.4 Å². The highest BCUT2D eigenvalue weighted by Gasteiger charge is 2.25. The summed E-state index contributed by atoms with van der Waals surface area (Å²) in [5.74, 6) is 0. The first-order chi connectivity index (χ1) is 6.34. The van der Waals surface area contributed by atoms with Gasteiger partial charge >= 0.3 is 0 Å². The molecule has 0 atom stereocenters. The molecular formula is C10H10N3+. The SMILES string of the molecule is Cc1cc2n(n1)C[n+]1ccccc1-2. The summed E-state index contributed by atoms with van der Waals surface area (Å²) >= 11 is 0. The van der Waals surface area contributed by atoms with Gasteiger partial charge in [0.15, 0.2) is 6.20 Å². The molecule has 1 aliphatic heterocycles. The summed E-state index contributed by atoms with van der Waals surface area (Å²) in [4.78, 5) is 0. The van der Waals surface area contributed by atoms with Gasteiger partial charge in [-0.3, -0.25) is 0 Å². The van der Waals surface area contributed by atoms with E-state index in [0.717, 1.165) is 12.4 Å². The van der Waals surface area contributed by atoms with E-state index in [-0.39, 0.29) is 0 Å².